The average Bonchev–Trinajstić information content (AvgIpc) is 2.35. The fourth-order valence-electron chi connectivity index (χ4n) is 1.02. The monoisotopic (exact) mass is 192 g/mol. The third-order valence-electron chi connectivity index (χ3n) is 1.57. The maximum Gasteiger partial charge on any atom is 0.361 e. The summed E-state index contributed by atoms with van der Waals surface area (Å²) in [6, 6.07) is 0. The molecule has 0 unspecified atom stereocenters. The van der Waals surface area contributed by atoms with Gasteiger partial charge in [0.25, 0.3) is 0 Å². The molecule has 0 radical (unpaired) electrons. The molecule has 1 heterocycles. The Morgan fingerprint density at radius 3 is 2.58 bits per heavy atom. The van der Waals surface area contributed by atoms with E-state index in [1.165, 1.54) is 6.20 Å². The summed E-state index contributed by atoms with van der Waals surface area (Å²) in [5.41, 5.74) is 0. The zero-order chi connectivity index (χ0) is 9.19. The summed E-state index contributed by atoms with van der Waals surface area (Å²) < 4.78 is 30.7. The lowest BCUT2D eigenvalue weighted by molar-refractivity contribution is 0.313. The van der Waals surface area contributed by atoms with E-state index < -0.39 is 10.3 Å². The standard InChI is InChI=1S/C6H12N2O3S/c1-2-3-7-4-5-8(6-7)12(9,10)11/h4-5H,2-3,6H2,1H3,(H,9,10,11). The van der Waals surface area contributed by atoms with Gasteiger partial charge < -0.3 is 4.90 Å². The van der Waals surface area contributed by atoms with Gasteiger partial charge in [0.2, 0.25) is 0 Å². The van der Waals surface area contributed by atoms with Gasteiger partial charge in [-0.05, 0) is 6.42 Å². The molecule has 0 saturated heterocycles. The van der Waals surface area contributed by atoms with E-state index in [0.29, 0.717) is 0 Å². The SMILES string of the molecule is CCCN1C=CN(S(=O)(=O)O)C1. The smallest absolute Gasteiger partial charge is 0.357 e. The van der Waals surface area contributed by atoms with E-state index >= 15 is 0 Å². The fraction of sp³-hybridized carbons (Fsp3) is 0.667. The van der Waals surface area contributed by atoms with Gasteiger partial charge in [-0.3, -0.25) is 4.55 Å². The highest BCUT2D eigenvalue weighted by molar-refractivity contribution is 7.83. The van der Waals surface area contributed by atoms with Crippen LogP contribution >= 0.6 is 0 Å². The zero-order valence-corrected chi connectivity index (χ0v) is 7.66. The number of rotatable bonds is 3. The molecule has 0 amide bonds. The summed E-state index contributed by atoms with van der Waals surface area (Å²) in [7, 11) is -4.05. The highest BCUT2D eigenvalue weighted by Gasteiger charge is 2.20. The zero-order valence-electron chi connectivity index (χ0n) is 6.84. The minimum absolute atomic E-state index is 0.215. The van der Waals surface area contributed by atoms with Gasteiger partial charge in [-0.2, -0.15) is 8.42 Å². The fourth-order valence-corrected chi connectivity index (χ4v) is 1.53. The summed E-state index contributed by atoms with van der Waals surface area (Å²) in [6.45, 7) is 3.01. The molecule has 5 nitrogen and oxygen atoms in total. The van der Waals surface area contributed by atoms with Crippen molar-refractivity contribution >= 4 is 10.3 Å². The maximum absolute atomic E-state index is 10.6. The minimum Gasteiger partial charge on any atom is -0.357 e. The maximum atomic E-state index is 10.6. The molecule has 1 aliphatic rings. The second kappa shape index (κ2) is 3.32. The Hall–Kier alpha value is -0.750. The second-order valence-corrected chi connectivity index (χ2v) is 3.98. The van der Waals surface area contributed by atoms with Crippen LogP contribution in [0.4, 0.5) is 0 Å². The molecule has 0 fully saturated rings. The molecule has 0 aliphatic carbocycles. The Kier molecular flexibility index (Phi) is 2.58. The van der Waals surface area contributed by atoms with E-state index in [2.05, 4.69) is 0 Å². The summed E-state index contributed by atoms with van der Waals surface area (Å²) in [4.78, 5) is 1.81. The Morgan fingerprint density at radius 1 is 1.50 bits per heavy atom. The van der Waals surface area contributed by atoms with Gasteiger partial charge in [-0.1, -0.05) is 6.92 Å². The molecule has 1 N–H and O–H groups in total. The van der Waals surface area contributed by atoms with Crippen LogP contribution in [0.1, 0.15) is 13.3 Å². The Bertz CT molecular complexity index is 273. The minimum atomic E-state index is -4.05. The average molecular weight is 192 g/mol. The second-order valence-electron chi connectivity index (χ2n) is 2.62. The van der Waals surface area contributed by atoms with Crippen molar-refractivity contribution in [1.29, 1.82) is 0 Å². The largest absolute Gasteiger partial charge is 0.361 e. The van der Waals surface area contributed by atoms with Crippen molar-refractivity contribution in [3.8, 4) is 0 Å². The van der Waals surface area contributed by atoms with Crippen molar-refractivity contribution in [2.24, 2.45) is 0 Å². The molecule has 0 bridgehead atoms. The molecule has 0 aromatic heterocycles. The van der Waals surface area contributed by atoms with E-state index in [0.717, 1.165) is 17.3 Å². The first kappa shape index (κ1) is 9.34. The normalized spacial score (nSPS) is 17.5. The molecule has 0 aromatic carbocycles. The number of hydrogen-bond acceptors (Lipinski definition) is 3. The molecule has 0 spiro atoms. The van der Waals surface area contributed by atoms with Crippen LogP contribution in [-0.2, 0) is 10.3 Å². The van der Waals surface area contributed by atoms with Crippen LogP contribution in [0.3, 0.4) is 0 Å². The van der Waals surface area contributed by atoms with Gasteiger partial charge in [0.15, 0.2) is 0 Å². The quantitative estimate of drug-likeness (QED) is 0.651. The molecule has 6 heteroatoms. The summed E-state index contributed by atoms with van der Waals surface area (Å²) in [5, 5.41) is 0. The lowest BCUT2D eigenvalue weighted by Crippen LogP contribution is -2.30. The van der Waals surface area contributed by atoms with E-state index in [1.807, 2.05) is 11.8 Å². The third kappa shape index (κ3) is 2.12. The van der Waals surface area contributed by atoms with Crippen molar-refractivity contribution in [3.05, 3.63) is 12.4 Å². The highest BCUT2D eigenvalue weighted by Crippen LogP contribution is 2.09. The van der Waals surface area contributed by atoms with Crippen LogP contribution in [0.25, 0.3) is 0 Å². The van der Waals surface area contributed by atoms with Crippen molar-refractivity contribution in [3.63, 3.8) is 0 Å². The van der Waals surface area contributed by atoms with Crippen LogP contribution in [-0.4, -0.2) is 35.4 Å². The molecule has 12 heavy (non-hydrogen) atoms. The molecule has 0 saturated carbocycles. The third-order valence-corrected chi connectivity index (χ3v) is 2.40. The van der Waals surface area contributed by atoms with E-state index in [4.69, 9.17) is 4.55 Å². The van der Waals surface area contributed by atoms with Gasteiger partial charge in [-0.25, -0.2) is 4.31 Å². The van der Waals surface area contributed by atoms with Crippen LogP contribution in [0.2, 0.25) is 0 Å². The van der Waals surface area contributed by atoms with Crippen LogP contribution in [0.5, 0.6) is 0 Å². The Balaban J connectivity index is 2.54. The van der Waals surface area contributed by atoms with Crippen molar-refractivity contribution < 1.29 is 13.0 Å². The Labute approximate surface area is 72.2 Å². The van der Waals surface area contributed by atoms with Gasteiger partial charge in [0, 0.05) is 18.9 Å². The van der Waals surface area contributed by atoms with Gasteiger partial charge in [0.05, 0.1) is 0 Å². The van der Waals surface area contributed by atoms with Crippen LogP contribution in [0.15, 0.2) is 12.4 Å². The van der Waals surface area contributed by atoms with Crippen LogP contribution < -0.4 is 0 Å². The molecular formula is C6H12N2O3S. The van der Waals surface area contributed by atoms with Gasteiger partial charge in [0.1, 0.15) is 6.67 Å². The summed E-state index contributed by atoms with van der Waals surface area (Å²) in [6.07, 6.45) is 3.95. The molecular weight excluding hydrogens is 180 g/mol. The first-order valence-corrected chi connectivity index (χ1v) is 5.10. The molecule has 0 atom stereocenters. The lowest BCUT2D eigenvalue weighted by Gasteiger charge is -2.17. The van der Waals surface area contributed by atoms with E-state index in [9.17, 15) is 8.42 Å². The highest BCUT2D eigenvalue weighted by atomic mass is 32.2. The van der Waals surface area contributed by atoms with E-state index in [-0.39, 0.29) is 6.67 Å². The molecule has 0 aromatic rings. The molecule has 1 rings (SSSR count). The van der Waals surface area contributed by atoms with Gasteiger partial charge >= 0.3 is 10.3 Å². The number of hydrogen-bond donors (Lipinski definition) is 1. The van der Waals surface area contributed by atoms with Crippen molar-refractivity contribution in [1.82, 2.24) is 9.21 Å². The first-order chi connectivity index (χ1) is 5.54. The predicted molar refractivity (Wildman–Crippen MR) is 44.4 cm³/mol. The topological polar surface area (TPSA) is 60.9 Å². The summed E-state index contributed by atoms with van der Waals surface area (Å²) >= 11 is 0. The predicted octanol–water partition coefficient (Wildman–Crippen LogP) is 0.245. The van der Waals surface area contributed by atoms with Crippen LogP contribution in [0, 0.1) is 0 Å². The Morgan fingerprint density at radius 2 is 2.17 bits per heavy atom. The van der Waals surface area contributed by atoms with Gasteiger partial charge in [-0.15, -0.1) is 0 Å². The number of nitrogens with zero attached hydrogens (tertiary/aromatic N) is 2. The molecule has 70 valence electrons. The van der Waals surface area contributed by atoms with E-state index in [1.54, 1.807) is 6.20 Å². The van der Waals surface area contributed by atoms with Crippen molar-refractivity contribution in [2.45, 2.75) is 13.3 Å². The lowest BCUT2D eigenvalue weighted by atomic mass is 10.4. The summed E-state index contributed by atoms with van der Waals surface area (Å²) in [5.74, 6) is 0. The van der Waals surface area contributed by atoms with Crippen molar-refractivity contribution in [2.75, 3.05) is 13.2 Å². The first-order valence-electron chi connectivity index (χ1n) is 3.70. The molecule has 1 aliphatic heterocycles.